The fourth-order valence-corrected chi connectivity index (χ4v) is 5.02. The zero-order valence-electron chi connectivity index (χ0n) is 16.4. The molecule has 1 fully saturated rings. The van der Waals surface area contributed by atoms with Gasteiger partial charge in [-0.25, -0.2) is 0 Å². The minimum Gasteiger partial charge on any atom is -0.320 e. The first kappa shape index (κ1) is 16.8. The van der Waals surface area contributed by atoms with Crippen LogP contribution in [0.5, 0.6) is 0 Å². The number of piperidine rings is 1. The molecule has 5 rings (SSSR count). The highest BCUT2D eigenvalue weighted by molar-refractivity contribution is 5.90. The number of hydrogen-bond donors (Lipinski definition) is 0. The van der Waals surface area contributed by atoms with E-state index in [2.05, 4.69) is 71.0 Å². The fourth-order valence-electron chi connectivity index (χ4n) is 5.02. The number of rotatable bonds is 2. The van der Waals surface area contributed by atoms with Gasteiger partial charge in [-0.05, 0) is 75.6 Å². The zero-order valence-corrected chi connectivity index (χ0v) is 16.4. The molecule has 0 spiro atoms. The lowest BCUT2D eigenvalue weighted by Crippen LogP contribution is -2.44. The molecule has 27 heavy (non-hydrogen) atoms. The van der Waals surface area contributed by atoms with Crippen LogP contribution in [0.15, 0.2) is 36.5 Å². The summed E-state index contributed by atoms with van der Waals surface area (Å²) < 4.78 is 2.45. The van der Waals surface area contributed by atoms with Gasteiger partial charge in [0.1, 0.15) is 0 Å². The second-order valence-electron chi connectivity index (χ2n) is 8.27. The average Bonchev–Trinajstić information content (AvgIpc) is 2.93. The van der Waals surface area contributed by atoms with Crippen LogP contribution in [0.2, 0.25) is 0 Å². The van der Waals surface area contributed by atoms with E-state index >= 15 is 0 Å². The van der Waals surface area contributed by atoms with Crippen molar-refractivity contribution in [2.75, 3.05) is 7.05 Å². The Morgan fingerprint density at radius 2 is 2.00 bits per heavy atom. The Bertz CT molecular complexity index is 1030. The van der Waals surface area contributed by atoms with E-state index in [1.165, 1.54) is 41.4 Å². The molecule has 2 aliphatic heterocycles. The summed E-state index contributed by atoms with van der Waals surface area (Å²) in [5.41, 5.74) is 7.97. The van der Waals surface area contributed by atoms with E-state index in [1.807, 2.05) is 13.1 Å². The first-order valence-electron chi connectivity index (χ1n) is 10.1. The maximum absolute atomic E-state index is 4.43. The maximum atomic E-state index is 4.43. The van der Waals surface area contributed by atoms with Gasteiger partial charge in [0.25, 0.3) is 0 Å². The van der Waals surface area contributed by atoms with Crippen molar-refractivity contribution in [1.82, 2.24) is 14.5 Å². The standard InChI is InChI=1S/C24H27N3/c1-16-7-10-21-20(13-16)24-22-6-4-5-19(26(22)3)14-23(24)27(21)12-11-18-9-8-17(2)25-15-18/h7-13,15,19,22H,4-6,14H2,1-3H3/b12-11-/t19-,22+/m1/s1. The molecular weight excluding hydrogens is 330 g/mol. The smallest absolute Gasteiger partial charge is 0.0529 e. The summed E-state index contributed by atoms with van der Waals surface area (Å²) in [6, 6.07) is 12.4. The van der Waals surface area contributed by atoms with Crippen molar-refractivity contribution >= 4 is 23.2 Å². The molecular formula is C24H27N3. The number of nitrogens with zero attached hydrogens (tertiary/aromatic N) is 3. The minimum absolute atomic E-state index is 0.562. The first-order valence-corrected chi connectivity index (χ1v) is 10.1. The van der Waals surface area contributed by atoms with Crippen molar-refractivity contribution in [1.29, 1.82) is 0 Å². The lowest BCUT2D eigenvalue weighted by Gasteiger charge is -2.44. The number of fused-ring (bicyclic) bond motifs is 6. The molecule has 3 nitrogen and oxygen atoms in total. The number of hydrogen-bond acceptors (Lipinski definition) is 2. The van der Waals surface area contributed by atoms with E-state index in [-0.39, 0.29) is 0 Å². The highest BCUT2D eigenvalue weighted by Crippen LogP contribution is 2.45. The summed E-state index contributed by atoms with van der Waals surface area (Å²) in [5.74, 6) is 0. The molecule has 4 heterocycles. The second kappa shape index (κ2) is 6.35. The second-order valence-corrected chi connectivity index (χ2v) is 8.27. The van der Waals surface area contributed by atoms with Gasteiger partial charge in [0, 0.05) is 47.7 Å². The van der Waals surface area contributed by atoms with Gasteiger partial charge in [0.15, 0.2) is 0 Å². The molecule has 2 bridgehead atoms. The molecule has 1 aromatic carbocycles. The van der Waals surface area contributed by atoms with Crippen LogP contribution in [-0.2, 0) is 6.42 Å². The molecule has 0 saturated carbocycles. The van der Waals surface area contributed by atoms with E-state index in [1.54, 1.807) is 5.56 Å². The van der Waals surface area contributed by atoms with Crippen LogP contribution in [-0.4, -0.2) is 27.5 Å². The van der Waals surface area contributed by atoms with Crippen LogP contribution in [0.25, 0.3) is 23.2 Å². The number of pyridine rings is 1. The summed E-state index contributed by atoms with van der Waals surface area (Å²) in [6.07, 6.45) is 11.5. The van der Waals surface area contributed by atoms with Gasteiger partial charge in [-0.3, -0.25) is 9.88 Å². The Morgan fingerprint density at radius 3 is 2.81 bits per heavy atom. The van der Waals surface area contributed by atoms with Gasteiger partial charge < -0.3 is 4.57 Å². The highest BCUT2D eigenvalue weighted by atomic mass is 15.2. The number of likely N-dealkylation sites (N-methyl/N-ethyl adjacent to an activating group) is 1. The third-order valence-corrected chi connectivity index (χ3v) is 6.50. The van der Waals surface area contributed by atoms with Gasteiger partial charge in [0.05, 0.1) is 5.52 Å². The number of benzene rings is 1. The normalized spacial score (nSPS) is 22.5. The lowest BCUT2D eigenvalue weighted by molar-refractivity contribution is 0.0997. The van der Waals surface area contributed by atoms with Crippen molar-refractivity contribution < 1.29 is 0 Å². The van der Waals surface area contributed by atoms with Crippen LogP contribution in [0, 0.1) is 13.8 Å². The summed E-state index contributed by atoms with van der Waals surface area (Å²) in [4.78, 5) is 7.06. The first-order chi connectivity index (χ1) is 13.1. The molecule has 0 aliphatic carbocycles. The molecule has 2 atom stereocenters. The largest absolute Gasteiger partial charge is 0.320 e. The summed E-state index contributed by atoms with van der Waals surface area (Å²) >= 11 is 0. The van der Waals surface area contributed by atoms with Crippen LogP contribution in [0.4, 0.5) is 0 Å². The van der Waals surface area contributed by atoms with E-state index in [0.717, 1.165) is 17.7 Å². The molecule has 2 aromatic heterocycles. The highest BCUT2D eigenvalue weighted by Gasteiger charge is 2.38. The van der Waals surface area contributed by atoms with E-state index in [9.17, 15) is 0 Å². The molecule has 0 N–H and O–H groups in total. The van der Waals surface area contributed by atoms with Crippen LogP contribution >= 0.6 is 0 Å². The van der Waals surface area contributed by atoms with Gasteiger partial charge in [0.2, 0.25) is 0 Å². The van der Waals surface area contributed by atoms with Crippen molar-refractivity contribution in [2.24, 2.45) is 0 Å². The Labute approximate surface area is 161 Å². The lowest BCUT2D eigenvalue weighted by atomic mass is 9.82. The minimum atomic E-state index is 0.562. The van der Waals surface area contributed by atoms with Crippen LogP contribution in [0.1, 0.15) is 53.4 Å². The third-order valence-electron chi connectivity index (χ3n) is 6.50. The van der Waals surface area contributed by atoms with Gasteiger partial charge in [-0.1, -0.05) is 17.7 Å². The maximum Gasteiger partial charge on any atom is 0.0529 e. The molecule has 0 radical (unpaired) electrons. The molecule has 2 aliphatic rings. The molecule has 0 amide bonds. The molecule has 3 heteroatoms. The van der Waals surface area contributed by atoms with Crippen LogP contribution < -0.4 is 0 Å². The quantitative estimate of drug-likeness (QED) is 0.615. The van der Waals surface area contributed by atoms with E-state index in [4.69, 9.17) is 0 Å². The Hall–Kier alpha value is -2.39. The van der Waals surface area contributed by atoms with Gasteiger partial charge in [-0.2, -0.15) is 0 Å². The monoisotopic (exact) mass is 357 g/mol. The third kappa shape index (κ3) is 2.72. The van der Waals surface area contributed by atoms with Crippen molar-refractivity contribution in [3.05, 3.63) is 64.6 Å². The fraction of sp³-hybridized carbons (Fsp3) is 0.375. The summed E-state index contributed by atoms with van der Waals surface area (Å²) in [6.45, 7) is 4.23. The predicted molar refractivity (Wildman–Crippen MR) is 113 cm³/mol. The predicted octanol–water partition coefficient (Wildman–Crippen LogP) is 5.36. The zero-order chi connectivity index (χ0) is 18.5. The van der Waals surface area contributed by atoms with Gasteiger partial charge >= 0.3 is 0 Å². The van der Waals surface area contributed by atoms with Crippen LogP contribution in [0.3, 0.4) is 0 Å². The van der Waals surface area contributed by atoms with E-state index < -0.39 is 0 Å². The topological polar surface area (TPSA) is 21.1 Å². The molecule has 1 saturated heterocycles. The van der Waals surface area contributed by atoms with E-state index in [0.29, 0.717) is 12.1 Å². The van der Waals surface area contributed by atoms with Crippen molar-refractivity contribution in [3.8, 4) is 0 Å². The van der Waals surface area contributed by atoms with Crippen molar-refractivity contribution in [2.45, 2.75) is 51.6 Å². The van der Waals surface area contributed by atoms with Crippen molar-refractivity contribution in [3.63, 3.8) is 0 Å². The number of aromatic nitrogens is 2. The van der Waals surface area contributed by atoms with Gasteiger partial charge in [-0.15, -0.1) is 0 Å². The Kier molecular flexibility index (Phi) is 3.94. The summed E-state index contributed by atoms with van der Waals surface area (Å²) in [5, 5.41) is 1.44. The SMILES string of the molecule is Cc1ccc2c(c1)c1c(n2/C=C\c2ccc(C)nc2)C[C@H]2CCC[C@@H]1N2C. The Balaban J connectivity index is 1.68. The molecule has 0 unspecified atom stereocenters. The molecule has 138 valence electrons. The number of aryl methyl sites for hydroxylation is 2. The Morgan fingerprint density at radius 1 is 1.11 bits per heavy atom. The molecule has 3 aromatic rings. The average molecular weight is 358 g/mol. The summed E-state index contributed by atoms with van der Waals surface area (Å²) in [7, 11) is 2.32.